The minimum absolute atomic E-state index is 0.406. The van der Waals surface area contributed by atoms with Gasteiger partial charge in [-0.2, -0.15) is 10.2 Å². The van der Waals surface area contributed by atoms with E-state index >= 15 is 0 Å². The molecule has 0 saturated carbocycles. The number of rotatable bonds is 2. The Morgan fingerprint density at radius 1 is 0.739 bits per heavy atom. The van der Waals surface area contributed by atoms with E-state index in [-0.39, 0.29) is 0 Å². The average molecular weight is 302 g/mol. The second-order valence-corrected chi connectivity index (χ2v) is 6.77. The summed E-state index contributed by atoms with van der Waals surface area (Å²) >= 11 is 0. The van der Waals surface area contributed by atoms with Crippen molar-refractivity contribution in [2.45, 2.75) is 45.1 Å². The molecule has 0 bridgehead atoms. The summed E-state index contributed by atoms with van der Waals surface area (Å²) in [5.41, 5.74) is 7.26. The van der Waals surface area contributed by atoms with Crippen molar-refractivity contribution >= 4 is 0 Å². The highest BCUT2D eigenvalue weighted by molar-refractivity contribution is 5.52. The standard InChI is InChI=1S/C21H22N2/c1-15-7-11-17(12-8-15)21(18-13-9-16(2)10-14-18)19-5-3-4-6-20(19)22-23-21/h7-14H,3-6H2,1-2H3. The van der Waals surface area contributed by atoms with Gasteiger partial charge in [0.1, 0.15) is 0 Å². The van der Waals surface area contributed by atoms with E-state index in [1.807, 2.05) is 0 Å². The molecule has 0 atom stereocenters. The Kier molecular flexibility index (Phi) is 3.41. The van der Waals surface area contributed by atoms with Crippen molar-refractivity contribution in [3.8, 4) is 0 Å². The zero-order valence-corrected chi connectivity index (χ0v) is 13.8. The lowest BCUT2D eigenvalue weighted by Gasteiger charge is -2.31. The number of nitrogens with zero attached hydrogens (tertiary/aromatic N) is 2. The van der Waals surface area contributed by atoms with Crippen molar-refractivity contribution in [3.05, 3.63) is 82.1 Å². The van der Waals surface area contributed by atoms with Crippen LogP contribution in [0, 0.1) is 13.8 Å². The van der Waals surface area contributed by atoms with E-state index in [2.05, 4.69) is 67.5 Å². The maximum absolute atomic E-state index is 4.86. The van der Waals surface area contributed by atoms with Crippen LogP contribution in [0.5, 0.6) is 0 Å². The van der Waals surface area contributed by atoms with Crippen molar-refractivity contribution in [1.29, 1.82) is 0 Å². The van der Waals surface area contributed by atoms with Crippen LogP contribution in [0.4, 0.5) is 0 Å². The fourth-order valence-electron chi connectivity index (χ4n) is 3.81. The number of benzene rings is 2. The first-order valence-electron chi connectivity index (χ1n) is 8.50. The first-order chi connectivity index (χ1) is 11.2. The summed E-state index contributed by atoms with van der Waals surface area (Å²) in [5.74, 6) is 0. The van der Waals surface area contributed by atoms with Gasteiger partial charge in [0.2, 0.25) is 0 Å². The lowest BCUT2D eigenvalue weighted by Crippen LogP contribution is -2.27. The molecule has 0 amide bonds. The molecule has 4 rings (SSSR count). The van der Waals surface area contributed by atoms with Crippen LogP contribution in [0.2, 0.25) is 0 Å². The minimum atomic E-state index is -0.406. The van der Waals surface area contributed by atoms with Gasteiger partial charge in [-0.15, -0.1) is 0 Å². The molecule has 23 heavy (non-hydrogen) atoms. The molecule has 2 heteroatoms. The number of hydrogen-bond donors (Lipinski definition) is 0. The van der Waals surface area contributed by atoms with Crippen LogP contribution >= 0.6 is 0 Å². The Morgan fingerprint density at radius 3 is 1.83 bits per heavy atom. The summed E-state index contributed by atoms with van der Waals surface area (Å²) < 4.78 is 0. The predicted octanol–water partition coefficient (Wildman–Crippen LogP) is 5.84. The Labute approximate surface area is 138 Å². The molecule has 0 unspecified atom stereocenters. The van der Waals surface area contributed by atoms with Crippen LogP contribution < -0.4 is 0 Å². The molecule has 0 spiro atoms. The minimum Gasteiger partial charge on any atom is -0.168 e. The number of aryl methyl sites for hydroxylation is 2. The maximum Gasteiger partial charge on any atom is 0.155 e. The first-order valence-corrected chi connectivity index (χ1v) is 8.50. The SMILES string of the molecule is Cc1ccc(C2(c3ccc(C)cc3)N=NC3=C2CCCC3)cc1. The predicted molar refractivity (Wildman–Crippen MR) is 93.5 cm³/mol. The highest BCUT2D eigenvalue weighted by Crippen LogP contribution is 2.50. The van der Waals surface area contributed by atoms with Crippen LogP contribution in [0.3, 0.4) is 0 Å². The zero-order chi connectivity index (χ0) is 15.9. The van der Waals surface area contributed by atoms with E-state index in [4.69, 9.17) is 5.11 Å². The van der Waals surface area contributed by atoms with Crippen molar-refractivity contribution in [2.75, 3.05) is 0 Å². The molecule has 0 N–H and O–H groups in total. The fourth-order valence-corrected chi connectivity index (χ4v) is 3.81. The van der Waals surface area contributed by atoms with Crippen LogP contribution in [0.15, 0.2) is 70.0 Å². The second-order valence-electron chi connectivity index (χ2n) is 6.77. The van der Waals surface area contributed by atoms with E-state index in [0.717, 1.165) is 12.8 Å². The monoisotopic (exact) mass is 302 g/mol. The Bertz CT molecular complexity index is 734. The molecule has 2 nitrogen and oxygen atoms in total. The van der Waals surface area contributed by atoms with Crippen LogP contribution in [0.1, 0.15) is 47.9 Å². The largest absolute Gasteiger partial charge is 0.168 e. The number of allylic oxidation sites excluding steroid dienone is 1. The molecule has 1 heterocycles. The summed E-state index contributed by atoms with van der Waals surface area (Å²) in [7, 11) is 0. The van der Waals surface area contributed by atoms with Gasteiger partial charge in [0.05, 0.1) is 5.70 Å². The molecule has 0 aromatic heterocycles. The van der Waals surface area contributed by atoms with Crippen molar-refractivity contribution in [1.82, 2.24) is 0 Å². The Balaban J connectivity index is 1.94. The highest BCUT2D eigenvalue weighted by atomic mass is 15.2. The normalized spacial score (nSPS) is 19.0. The van der Waals surface area contributed by atoms with E-state index in [0.29, 0.717) is 0 Å². The quantitative estimate of drug-likeness (QED) is 0.665. The summed E-state index contributed by atoms with van der Waals surface area (Å²) in [6.07, 6.45) is 4.64. The van der Waals surface area contributed by atoms with Gasteiger partial charge in [-0.3, -0.25) is 0 Å². The lowest BCUT2D eigenvalue weighted by molar-refractivity contribution is 0.571. The average Bonchev–Trinajstić information content (AvgIpc) is 2.97. The molecule has 2 aromatic carbocycles. The summed E-state index contributed by atoms with van der Waals surface area (Å²) in [4.78, 5) is 0. The van der Waals surface area contributed by atoms with Gasteiger partial charge < -0.3 is 0 Å². The van der Waals surface area contributed by atoms with E-state index in [9.17, 15) is 0 Å². The van der Waals surface area contributed by atoms with Gasteiger partial charge in [-0.1, -0.05) is 59.7 Å². The smallest absolute Gasteiger partial charge is 0.155 e. The van der Waals surface area contributed by atoms with E-state index < -0.39 is 5.54 Å². The summed E-state index contributed by atoms with van der Waals surface area (Å²) in [6, 6.07) is 17.6. The van der Waals surface area contributed by atoms with Crippen LogP contribution in [-0.4, -0.2) is 0 Å². The second kappa shape index (κ2) is 5.45. The highest BCUT2D eigenvalue weighted by Gasteiger charge is 2.44. The summed E-state index contributed by atoms with van der Waals surface area (Å²) in [6.45, 7) is 4.26. The fraction of sp³-hybridized carbons (Fsp3) is 0.333. The van der Waals surface area contributed by atoms with Gasteiger partial charge in [-0.25, -0.2) is 0 Å². The third kappa shape index (κ3) is 2.24. The number of hydrogen-bond acceptors (Lipinski definition) is 2. The molecule has 2 aromatic rings. The molecular weight excluding hydrogens is 280 g/mol. The third-order valence-electron chi connectivity index (χ3n) is 5.13. The lowest BCUT2D eigenvalue weighted by atomic mass is 9.73. The van der Waals surface area contributed by atoms with Crippen molar-refractivity contribution < 1.29 is 0 Å². The van der Waals surface area contributed by atoms with Gasteiger partial charge in [0.25, 0.3) is 0 Å². The van der Waals surface area contributed by atoms with Crippen LogP contribution in [0.25, 0.3) is 0 Å². The molecule has 0 radical (unpaired) electrons. The molecule has 0 saturated heterocycles. The molecule has 2 aliphatic rings. The Hall–Kier alpha value is -2.22. The van der Waals surface area contributed by atoms with E-state index in [1.165, 1.54) is 46.4 Å². The van der Waals surface area contributed by atoms with Crippen LogP contribution in [-0.2, 0) is 5.54 Å². The first kappa shape index (κ1) is 14.4. The van der Waals surface area contributed by atoms with Crippen molar-refractivity contribution in [2.24, 2.45) is 10.2 Å². The molecule has 116 valence electrons. The van der Waals surface area contributed by atoms with Gasteiger partial charge in [0, 0.05) is 0 Å². The Morgan fingerprint density at radius 2 is 1.26 bits per heavy atom. The zero-order valence-electron chi connectivity index (χ0n) is 13.8. The van der Waals surface area contributed by atoms with Gasteiger partial charge in [-0.05, 0) is 56.2 Å². The molecule has 0 fully saturated rings. The number of azo groups is 1. The molecule has 1 aliphatic heterocycles. The topological polar surface area (TPSA) is 24.7 Å². The van der Waals surface area contributed by atoms with Crippen molar-refractivity contribution in [3.63, 3.8) is 0 Å². The summed E-state index contributed by atoms with van der Waals surface area (Å²) in [5, 5.41) is 9.48. The van der Waals surface area contributed by atoms with E-state index in [1.54, 1.807) is 0 Å². The third-order valence-corrected chi connectivity index (χ3v) is 5.13. The van der Waals surface area contributed by atoms with Gasteiger partial charge >= 0.3 is 0 Å². The van der Waals surface area contributed by atoms with Gasteiger partial charge in [0.15, 0.2) is 5.54 Å². The maximum atomic E-state index is 4.86. The molecule has 1 aliphatic carbocycles. The molecular formula is C21H22N2.